The third-order valence-corrected chi connectivity index (χ3v) is 2.84. The van der Waals surface area contributed by atoms with Crippen LogP contribution in [-0.4, -0.2) is 11.4 Å². The summed E-state index contributed by atoms with van der Waals surface area (Å²) in [5.41, 5.74) is 1.19. The molecule has 1 aromatic rings. The Labute approximate surface area is 81.0 Å². The third kappa shape index (κ3) is 1.48. The average Bonchev–Trinajstić information content (AvgIpc) is 2.71. The van der Waals surface area contributed by atoms with Crippen LogP contribution in [0.3, 0.4) is 0 Å². The number of aldehydes is 1. The summed E-state index contributed by atoms with van der Waals surface area (Å²) in [6.45, 7) is 0. The highest BCUT2D eigenvalue weighted by molar-refractivity contribution is 6.31. The van der Waals surface area contributed by atoms with Crippen LogP contribution in [0.2, 0.25) is 5.22 Å². The molecule has 3 nitrogen and oxygen atoms in total. The average molecular weight is 200 g/mol. The Morgan fingerprint density at radius 1 is 1.46 bits per heavy atom. The number of nitrogens with zero attached hydrogens (tertiary/aromatic N) is 1. The van der Waals surface area contributed by atoms with Gasteiger partial charge >= 0.3 is 0 Å². The van der Waals surface area contributed by atoms with Gasteiger partial charge < -0.3 is 4.52 Å². The van der Waals surface area contributed by atoms with E-state index in [1.165, 1.54) is 12.8 Å². The van der Waals surface area contributed by atoms with Crippen molar-refractivity contribution in [3.8, 4) is 0 Å². The summed E-state index contributed by atoms with van der Waals surface area (Å²) in [5, 5.41) is 3.95. The van der Waals surface area contributed by atoms with Crippen LogP contribution in [-0.2, 0) is 0 Å². The van der Waals surface area contributed by atoms with Gasteiger partial charge in [0.25, 0.3) is 0 Å². The van der Waals surface area contributed by atoms with Gasteiger partial charge in [0.2, 0.25) is 5.22 Å². The molecule has 0 radical (unpaired) electrons. The van der Waals surface area contributed by atoms with Gasteiger partial charge in [0.15, 0.2) is 6.29 Å². The molecule has 0 atom stereocenters. The number of rotatable bonds is 2. The SMILES string of the molecule is O=Cc1c(C2CCCC2)noc1Cl. The zero-order valence-corrected chi connectivity index (χ0v) is 7.88. The van der Waals surface area contributed by atoms with Gasteiger partial charge in [-0.3, -0.25) is 4.79 Å². The maximum absolute atomic E-state index is 10.7. The monoisotopic (exact) mass is 199 g/mol. The predicted molar refractivity (Wildman–Crippen MR) is 48.1 cm³/mol. The van der Waals surface area contributed by atoms with Crippen molar-refractivity contribution in [3.05, 3.63) is 16.5 Å². The Morgan fingerprint density at radius 2 is 2.15 bits per heavy atom. The van der Waals surface area contributed by atoms with Crippen LogP contribution in [0, 0.1) is 0 Å². The minimum absolute atomic E-state index is 0.122. The zero-order valence-electron chi connectivity index (χ0n) is 7.12. The minimum atomic E-state index is 0.122. The van der Waals surface area contributed by atoms with Crippen molar-refractivity contribution in [2.45, 2.75) is 31.6 Å². The first-order valence-electron chi connectivity index (χ1n) is 4.43. The lowest BCUT2D eigenvalue weighted by atomic mass is 10.0. The topological polar surface area (TPSA) is 43.1 Å². The molecule has 1 saturated carbocycles. The summed E-state index contributed by atoms with van der Waals surface area (Å²) >= 11 is 5.66. The first-order valence-corrected chi connectivity index (χ1v) is 4.81. The molecular weight excluding hydrogens is 190 g/mol. The maximum atomic E-state index is 10.7. The highest BCUT2D eigenvalue weighted by Gasteiger charge is 2.25. The standard InChI is InChI=1S/C9H10ClNO2/c10-9-7(5-12)8(11-13-9)6-3-1-2-4-6/h5-6H,1-4H2. The summed E-state index contributed by atoms with van der Waals surface area (Å²) in [7, 11) is 0. The van der Waals surface area contributed by atoms with Crippen LogP contribution in [0.4, 0.5) is 0 Å². The molecule has 1 heterocycles. The molecule has 4 heteroatoms. The molecule has 70 valence electrons. The van der Waals surface area contributed by atoms with Gasteiger partial charge in [0, 0.05) is 5.92 Å². The van der Waals surface area contributed by atoms with Gasteiger partial charge in [-0.25, -0.2) is 0 Å². The van der Waals surface area contributed by atoms with Gasteiger partial charge in [-0.15, -0.1) is 0 Å². The first-order chi connectivity index (χ1) is 6.33. The van der Waals surface area contributed by atoms with Crippen molar-refractivity contribution in [1.29, 1.82) is 0 Å². The fraction of sp³-hybridized carbons (Fsp3) is 0.556. The van der Waals surface area contributed by atoms with Crippen LogP contribution in [0.25, 0.3) is 0 Å². The molecule has 0 unspecified atom stereocenters. The molecule has 0 spiro atoms. The second kappa shape index (κ2) is 3.50. The number of aromatic nitrogens is 1. The van der Waals surface area contributed by atoms with E-state index in [1.807, 2.05) is 0 Å². The van der Waals surface area contributed by atoms with Crippen molar-refractivity contribution in [1.82, 2.24) is 5.16 Å². The maximum Gasteiger partial charge on any atom is 0.236 e. The number of hydrogen-bond acceptors (Lipinski definition) is 3. The summed E-state index contributed by atoms with van der Waals surface area (Å²) in [5.74, 6) is 0.372. The van der Waals surface area contributed by atoms with E-state index in [4.69, 9.17) is 16.1 Å². The minimum Gasteiger partial charge on any atom is -0.343 e. The van der Waals surface area contributed by atoms with Crippen LogP contribution < -0.4 is 0 Å². The molecule has 1 fully saturated rings. The first kappa shape index (κ1) is 8.75. The van der Waals surface area contributed by atoms with Gasteiger partial charge in [-0.05, 0) is 24.4 Å². The highest BCUT2D eigenvalue weighted by Crippen LogP contribution is 2.36. The Balaban J connectivity index is 2.32. The summed E-state index contributed by atoms with van der Waals surface area (Å²) in [6.07, 6.45) is 5.31. The van der Waals surface area contributed by atoms with Crippen molar-refractivity contribution >= 4 is 17.9 Å². The van der Waals surface area contributed by atoms with Crippen LogP contribution in [0.1, 0.15) is 47.7 Å². The lowest BCUT2D eigenvalue weighted by Crippen LogP contribution is -1.96. The Kier molecular flexibility index (Phi) is 2.36. The van der Waals surface area contributed by atoms with Gasteiger partial charge in [-0.1, -0.05) is 18.0 Å². The largest absolute Gasteiger partial charge is 0.343 e. The third-order valence-electron chi connectivity index (χ3n) is 2.57. The van der Waals surface area contributed by atoms with Crippen LogP contribution in [0.5, 0.6) is 0 Å². The van der Waals surface area contributed by atoms with Crippen molar-refractivity contribution in [3.63, 3.8) is 0 Å². The molecule has 0 aromatic carbocycles. The summed E-state index contributed by atoms with van der Waals surface area (Å²) in [6, 6.07) is 0. The van der Waals surface area contributed by atoms with Crippen molar-refractivity contribution in [2.24, 2.45) is 0 Å². The van der Waals surface area contributed by atoms with Gasteiger partial charge in [0.1, 0.15) is 0 Å². The number of carbonyl (C=O) groups excluding carboxylic acids is 1. The lowest BCUT2D eigenvalue weighted by Gasteiger charge is -2.03. The zero-order chi connectivity index (χ0) is 9.26. The van der Waals surface area contributed by atoms with E-state index < -0.39 is 0 Å². The molecule has 2 rings (SSSR count). The Morgan fingerprint density at radius 3 is 2.77 bits per heavy atom. The van der Waals surface area contributed by atoms with Crippen LogP contribution in [0.15, 0.2) is 4.52 Å². The summed E-state index contributed by atoms with van der Waals surface area (Å²) in [4.78, 5) is 10.7. The number of halogens is 1. The Hall–Kier alpha value is -0.830. The van der Waals surface area contributed by atoms with Crippen molar-refractivity contribution < 1.29 is 9.32 Å². The van der Waals surface area contributed by atoms with E-state index in [2.05, 4.69) is 5.16 Å². The normalized spacial score (nSPS) is 17.9. The smallest absolute Gasteiger partial charge is 0.236 e. The number of carbonyl (C=O) groups is 1. The fourth-order valence-electron chi connectivity index (χ4n) is 1.89. The quantitative estimate of drug-likeness (QED) is 0.688. The van der Waals surface area contributed by atoms with Gasteiger partial charge in [-0.2, -0.15) is 0 Å². The van der Waals surface area contributed by atoms with E-state index in [-0.39, 0.29) is 5.22 Å². The second-order valence-corrected chi connectivity index (χ2v) is 3.70. The van der Waals surface area contributed by atoms with Gasteiger partial charge in [0.05, 0.1) is 11.3 Å². The fourth-order valence-corrected chi connectivity index (χ4v) is 2.06. The molecule has 13 heavy (non-hydrogen) atoms. The van der Waals surface area contributed by atoms with E-state index in [9.17, 15) is 4.79 Å². The predicted octanol–water partition coefficient (Wildman–Crippen LogP) is 2.80. The van der Waals surface area contributed by atoms with E-state index in [0.717, 1.165) is 24.8 Å². The van der Waals surface area contributed by atoms with Crippen LogP contribution >= 0.6 is 11.6 Å². The molecule has 1 aliphatic carbocycles. The van der Waals surface area contributed by atoms with E-state index in [0.29, 0.717) is 11.5 Å². The molecule has 0 aliphatic heterocycles. The molecule has 0 bridgehead atoms. The molecule has 1 aliphatic rings. The molecule has 0 saturated heterocycles. The summed E-state index contributed by atoms with van der Waals surface area (Å²) < 4.78 is 4.78. The second-order valence-electron chi connectivity index (χ2n) is 3.35. The van der Waals surface area contributed by atoms with Crippen molar-refractivity contribution in [2.75, 3.05) is 0 Å². The number of hydrogen-bond donors (Lipinski definition) is 0. The molecule has 0 N–H and O–H groups in total. The molecular formula is C9H10ClNO2. The van der Waals surface area contributed by atoms with E-state index in [1.54, 1.807) is 0 Å². The molecule has 1 aromatic heterocycles. The molecule has 0 amide bonds. The Bertz CT molecular complexity index is 315. The lowest BCUT2D eigenvalue weighted by molar-refractivity contribution is 0.112. The van der Waals surface area contributed by atoms with E-state index >= 15 is 0 Å². The highest BCUT2D eigenvalue weighted by atomic mass is 35.5.